The quantitative estimate of drug-likeness (QED) is 0.800. The van der Waals surface area contributed by atoms with Gasteiger partial charge in [-0.15, -0.1) is 0 Å². The number of rotatable bonds is 3. The van der Waals surface area contributed by atoms with Gasteiger partial charge < -0.3 is 9.64 Å². The van der Waals surface area contributed by atoms with E-state index in [9.17, 15) is 4.79 Å². The molecule has 0 spiro atoms. The number of aromatic nitrogens is 1. The standard InChI is InChI=1S/C13H18N2O2/c1-3-13(16)15-7-6-11(9-15)17-12-5-4-10(2)8-14-12/h4-5,8,11H,3,6-7,9H2,1-2H3. The number of likely N-dealkylation sites (tertiary alicyclic amines) is 1. The molecular formula is C13H18N2O2. The molecule has 0 aliphatic carbocycles. The summed E-state index contributed by atoms with van der Waals surface area (Å²) in [5, 5.41) is 0. The number of carbonyl (C=O) groups excluding carboxylic acids is 1. The number of nitrogens with zero attached hydrogens (tertiary/aromatic N) is 2. The molecule has 1 fully saturated rings. The van der Waals surface area contributed by atoms with Crippen molar-refractivity contribution in [3.8, 4) is 5.88 Å². The lowest BCUT2D eigenvalue weighted by Crippen LogP contribution is -2.30. The Labute approximate surface area is 102 Å². The molecular weight excluding hydrogens is 216 g/mol. The largest absolute Gasteiger partial charge is 0.472 e. The number of hydrogen-bond acceptors (Lipinski definition) is 3. The molecule has 0 N–H and O–H groups in total. The summed E-state index contributed by atoms with van der Waals surface area (Å²) in [5.74, 6) is 0.847. The molecule has 4 nitrogen and oxygen atoms in total. The Morgan fingerprint density at radius 1 is 1.59 bits per heavy atom. The first-order chi connectivity index (χ1) is 8.19. The maximum Gasteiger partial charge on any atom is 0.222 e. The van der Waals surface area contributed by atoms with Gasteiger partial charge in [-0.05, 0) is 12.5 Å². The second-order valence-corrected chi connectivity index (χ2v) is 4.40. The molecule has 0 saturated carbocycles. The van der Waals surface area contributed by atoms with Crippen molar-refractivity contribution in [2.45, 2.75) is 32.8 Å². The summed E-state index contributed by atoms with van der Waals surface area (Å²) >= 11 is 0. The monoisotopic (exact) mass is 234 g/mol. The summed E-state index contributed by atoms with van der Waals surface area (Å²) in [5.41, 5.74) is 1.12. The number of hydrogen-bond donors (Lipinski definition) is 0. The number of amides is 1. The van der Waals surface area contributed by atoms with Gasteiger partial charge in [-0.1, -0.05) is 13.0 Å². The van der Waals surface area contributed by atoms with Gasteiger partial charge in [0.1, 0.15) is 6.10 Å². The van der Waals surface area contributed by atoms with E-state index in [1.807, 2.05) is 30.9 Å². The normalized spacial score (nSPS) is 19.4. The van der Waals surface area contributed by atoms with E-state index in [4.69, 9.17) is 4.74 Å². The van der Waals surface area contributed by atoms with Crippen LogP contribution in [0.15, 0.2) is 18.3 Å². The minimum absolute atomic E-state index is 0.0840. The second kappa shape index (κ2) is 5.17. The molecule has 1 unspecified atom stereocenters. The van der Waals surface area contributed by atoms with E-state index in [2.05, 4.69) is 4.98 Å². The van der Waals surface area contributed by atoms with Gasteiger partial charge in [-0.25, -0.2) is 4.98 Å². The van der Waals surface area contributed by atoms with E-state index in [1.165, 1.54) is 0 Å². The first kappa shape index (κ1) is 11.9. The van der Waals surface area contributed by atoms with Gasteiger partial charge in [-0.3, -0.25) is 4.79 Å². The van der Waals surface area contributed by atoms with E-state index in [-0.39, 0.29) is 12.0 Å². The van der Waals surface area contributed by atoms with Crippen molar-refractivity contribution in [3.63, 3.8) is 0 Å². The fourth-order valence-corrected chi connectivity index (χ4v) is 1.97. The van der Waals surface area contributed by atoms with Crippen LogP contribution in [0.3, 0.4) is 0 Å². The van der Waals surface area contributed by atoms with Crippen LogP contribution < -0.4 is 4.74 Å². The molecule has 17 heavy (non-hydrogen) atoms. The van der Waals surface area contributed by atoms with Crippen LogP contribution in [-0.4, -0.2) is 35.0 Å². The highest BCUT2D eigenvalue weighted by molar-refractivity contribution is 5.76. The highest BCUT2D eigenvalue weighted by atomic mass is 16.5. The van der Waals surface area contributed by atoms with Crippen LogP contribution in [0.25, 0.3) is 0 Å². The van der Waals surface area contributed by atoms with Crippen LogP contribution in [-0.2, 0) is 4.79 Å². The van der Waals surface area contributed by atoms with Gasteiger partial charge in [0.2, 0.25) is 11.8 Å². The maximum absolute atomic E-state index is 11.5. The predicted molar refractivity (Wildman–Crippen MR) is 64.9 cm³/mol. The number of ether oxygens (including phenoxy) is 1. The summed E-state index contributed by atoms with van der Waals surface area (Å²) < 4.78 is 5.75. The Bertz CT molecular complexity index is 389. The molecule has 0 aromatic carbocycles. The van der Waals surface area contributed by atoms with Crippen molar-refractivity contribution in [3.05, 3.63) is 23.9 Å². The molecule has 1 aromatic heterocycles. The van der Waals surface area contributed by atoms with Crippen molar-refractivity contribution < 1.29 is 9.53 Å². The molecule has 1 aromatic rings. The van der Waals surface area contributed by atoms with Crippen LogP contribution in [0.1, 0.15) is 25.3 Å². The summed E-state index contributed by atoms with van der Waals surface area (Å²) in [4.78, 5) is 17.6. The summed E-state index contributed by atoms with van der Waals surface area (Å²) in [6.07, 6.45) is 3.33. The molecule has 1 aliphatic heterocycles. The Hall–Kier alpha value is -1.58. The number of carbonyl (C=O) groups is 1. The van der Waals surface area contributed by atoms with Gasteiger partial charge >= 0.3 is 0 Å². The van der Waals surface area contributed by atoms with Crippen LogP contribution in [0.4, 0.5) is 0 Å². The first-order valence-corrected chi connectivity index (χ1v) is 6.06. The average Bonchev–Trinajstić information content (AvgIpc) is 2.80. The first-order valence-electron chi connectivity index (χ1n) is 6.06. The minimum atomic E-state index is 0.0840. The van der Waals surface area contributed by atoms with Gasteiger partial charge in [0.25, 0.3) is 0 Å². The molecule has 1 atom stereocenters. The van der Waals surface area contributed by atoms with Crippen molar-refractivity contribution >= 4 is 5.91 Å². The van der Waals surface area contributed by atoms with E-state index in [0.717, 1.165) is 18.5 Å². The fourth-order valence-electron chi connectivity index (χ4n) is 1.97. The fraction of sp³-hybridized carbons (Fsp3) is 0.538. The lowest BCUT2D eigenvalue weighted by molar-refractivity contribution is -0.130. The second-order valence-electron chi connectivity index (χ2n) is 4.40. The summed E-state index contributed by atoms with van der Waals surface area (Å²) in [7, 11) is 0. The van der Waals surface area contributed by atoms with E-state index in [0.29, 0.717) is 18.8 Å². The third kappa shape index (κ3) is 2.96. The molecule has 2 rings (SSSR count). The Kier molecular flexibility index (Phi) is 3.61. The van der Waals surface area contributed by atoms with Gasteiger partial charge in [0.05, 0.1) is 6.54 Å². The SMILES string of the molecule is CCC(=O)N1CCC(Oc2ccc(C)cn2)C1. The molecule has 2 heterocycles. The Morgan fingerprint density at radius 2 is 2.41 bits per heavy atom. The lowest BCUT2D eigenvalue weighted by atomic mass is 10.3. The molecule has 4 heteroatoms. The molecule has 92 valence electrons. The zero-order valence-electron chi connectivity index (χ0n) is 10.3. The third-order valence-corrected chi connectivity index (χ3v) is 2.97. The molecule has 0 radical (unpaired) electrons. The van der Waals surface area contributed by atoms with E-state index >= 15 is 0 Å². The van der Waals surface area contributed by atoms with Gasteiger partial charge in [-0.2, -0.15) is 0 Å². The summed E-state index contributed by atoms with van der Waals surface area (Å²) in [6, 6.07) is 3.85. The van der Waals surface area contributed by atoms with E-state index in [1.54, 1.807) is 6.20 Å². The van der Waals surface area contributed by atoms with Crippen LogP contribution >= 0.6 is 0 Å². The van der Waals surface area contributed by atoms with Crippen LogP contribution in [0.2, 0.25) is 0 Å². The number of pyridine rings is 1. The zero-order valence-corrected chi connectivity index (χ0v) is 10.3. The smallest absolute Gasteiger partial charge is 0.222 e. The molecule has 1 amide bonds. The van der Waals surface area contributed by atoms with Crippen molar-refractivity contribution in [2.75, 3.05) is 13.1 Å². The summed E-state index contributed by atoms with van der Waals surface area (Å²) in [6.45, 7) is 5.36. The van der Waals surface area contributed by atoms with Gasteiger partial charge in [0.15, 0.2) is 0 Å². The predicted octanol–water partition coefficient (Wildman–Crippen LogP) is 1.78. The van der Waals surface area contributed by atoms with Crippen molar-refractivity contribution in [2.24, 2.45) is 0 Å². The molecule has 1 saturated heterocycles. The Balaban J connectivity index is 1.89. The highest BCUT2D eigenvalue weighted by Crippen LogP contribution is 2.17. The topological polar surface area (TPSA) is 42.4 Å². The minimum Gasteiger partial charge on any atom is -0.472 e. The number of aryl methyl sites for hydroxylation is 1. The van der Waals surface area contributed by atoms with Crippen molar-refractivity contribution in [1.29, 1.82) is 0 Å². The van der Waals surface area contributed by atoms with Gasteiger partial charge in [0, 0.05) is 31.6 Å². The highest BCUT2D eigenvalue weighted by Gasteiger charge is 2.26. The van der Waals surface area contributed by atoms with Crippen LogP contribution in [0, 0.1) is 6.92 Å². The van der Waals surface area contributed by atoms with E-state index < -0.39 is 0 Å². The lowest BCUT2D eigenvalue weighted by Gasteiger charge is -2.16. The molecule has 1 aliphatic rings. The van der Waals surface area contributed by atoms with Crippen LogP contribution in [0.5, 0.6) is 5.88 Å². The van der Waals surface area contributed by atoms with Crippen molar-refractivity contribution in [1.82, 2.24) is 9.88 Å². The molecule has 0 bridgehead atoms. The average molecular weight is 234 g/mol. The Morgan fingerprint density at radius 3 is 3.06 bits per heavy atom. The maximum atomic E-state index is 11.5. The third-order valence-electron chi connectivity index (χ3n) is 2.97. The zero-order chi connectivity index (χ0) is 12.3.